The molecule has 72 valence electrons. The van der Waals surface area contributed by atoms with Crippen molar-refractivity contribution in [2.24, 2.45) is 0 Å². The first kappa shape index (κ1) is 12.0. The molecule has 0 radical (unpaired) electrons. The largest absolute Gasteiger partial charge is 0.399 e. The Kier molecular flexibility index (Phi) is 5.24. The summed E-state index contributed by atoms with van der Waals surface area (Å²) in [4.78, 5) is 0. The predicted molar refractivity (Wildman–Crippen MR) is 61.9 cm³/mol. The second-order valence-corrected chi connectivity index (χ2v) is 2.93. The van der Waals surface area contributed by atoms with Crippen LogP contribution < -0.4 is 5.73 Å². The number of halogens is 1. The third kappa shape index (κ3) is 3.51. The van der Waals surface area contributed by atoms with Crippen molar-refractivity contribution in [1.82, 2.24) is 0 Å². The molecule has 1 aromatic rings. The van der Waals surface area contributed by atoms with E-state index in [1.807, 2.05) is 26.8 Å². The van der Waals surface area contributed by atoms with E-state index < -0.39 is 0 Å². The maximum Gasteiger partial charge on any atom is 0.0482 e. The maximum absolute atomic E-state index is 5.87. The lowest BCUT2D eigenvalue weighted by atomic mass is 10.1. The Morgan fingerprint density at radius 3 is 2.31 bits per heavy atom. The number of hydrogen-bond donors (Lipinski definition) is 1. The molecule has 0 saturated carbocycles. The smallest absolute Gasteiger partial charge is 0.0482 e. The second-order valence-electron chi connectivity index (χ2n) is 2.52. The topological polar surface area (TPSA) is 26.0 Å². The zero-order valence-corrected chi connectivity index (χ0v) is 9.15. The lowest BCUT2D eigenvalue weighted by Crippen LogP contribution is -1.87. The van der Waals surface area contributed by atoms with Gasteiger partial charge < -0.3 is 5.73 Å². The molecule has 0 heterocycles. The SMILES string of the molecule is C=C(C)c1cc(N)ccc1Cl.CC. The van der Waals surface area contributed by atoms with Crippen LogP contribution >= 0.6 is 11.6 Å². The van der Waals surface area contributed by atoms with Crippen molar-refractivity contribution in [2.45, 2.75) is 20.8 Å². The summed E-state index contributed by atoms with van der Waals surface area (Å²) in [7, 11) is 0. The zero-order chi connectivity index (χ0) is 10.4. The summed E-state index contributed by atoms with van der Waals surface area (Å²) in [5, 5.41) is 0.701. The molecule has 0 bridgehead atoms. The number of anilines is 1. The highest BCUT2D eigenvalue weighted by atomic mass is 35.5. The first-order chi connectivity index (χ1) is 6.11. The van der Waals surface area contributed by atoms with Gasteiger partial charge in [0.05, 0.1) is 0 Å². The summed E-state index contributed by atoms with van der Waals surface area (Å²) < 4.78 is 0. The van der Waals surface area contributed by atoms with E-state index in [0.29, 0.717) is 10.7 Å². The van der Waals surface area contributed by atoms with Crippen molar-refractivity contribution in [3.8, 4) is 0 Å². The Bertz CT molecular complexity index is 292. The lowest BCUT2D eigenvalue weighted by molar-refractivity contribution is 1.50. The van der Waals surface area contributed by atoms with E-state index >= 15 is 0 Å². The molecule has 2 N–H and O–H groups in total. The highest BCUT2D eigenvalue weighted by molar-refractivity contribution is 6.32. The second kappa shape index (κ2) is 5.65. The van der Waals surface area contributed by atoms with Gasteiger partial charge in [0.25, 0.3) is 0 Å². The highest BCUT2D eigenvalue weighted by Crippen LogP contribution is 2.24. The Balaban J connectivity index is 0.000000671. The van der Waals surface area contributed by atoms with E-state index in [4.69, 9.17) is 17.3 Å². The van der Waals surface area contributed by atoms with Crippen LogP contribution in [0.2, 0.25) is 5.02 Å². The molecule has 2 heteroatoms. The van der Waals surface area contributed by atoms with E-state index in [2.05, 4.69) is 6.58 Å². The standard InChI is InChI=1S/C9H10ClN.C2H6/c1-6(2)8-5-7(11)3-4-9(8)10;1-2/h3-5H,1,11H2,2H3;1-2H3. The molecule has 0 aliphatic rings. The normalized spacial score (nSPS) is 8.62. The molecule has 0 saturated heterocycles. The number of allylic oxidation sites excluding steroid dienone is 1. The number of rotatable bonds is 1. The minimum atomic E-state index is 0.701. The van der Waals surface area contributed by atoms with Crippen LogP contribution in [0.15, 0.2) is 24.8 Å². The van der Waals surface area contributed by atoms with Gasteiger partial charge in [0.2, 0.25) is 0 Å². The molecule has 0 aliphatic carbocycles. The highest BCUT2D eigenvalue weighted by Gasteiger charge is 1.99. The van der Waals surface area contributed by atoms with Gasteiger partial charge in [-0.25, -0.2) is 0 Å². The fraction of sp³-hybridized carbons (Fsp3) is 0.273. The van der Waals surface area contributed by atoms with Crippen LogP contribution in [-0.2, 0) is 0 Å². The van der Waals surface area contributed by atoms with Crippen LogP contribution in [-0.4, -0.2) is 0 Å². The fourth-order valence-corrected chi connectivity index (χ4v) is 1.15. The average molecular weight is 198 g/mol. The fourth-order valence-electron chi connectivity index (χ4n) is 0.870. The Labute approximate surface area is 85.2 Å². The van der Waals surface area contributed by atoms with Crippen LogP contribution in [0.3, 0.4) is 0 Å². The summed E-state index contributed by atoms with van der Waals surface area (Å²) in [6, 6.07) is 5.38. The summed E-state index contributed by atoms with van der Waals surface area (Å²) in [6.45, 7) is 9.69. The zero-order valence-electron chi connectivity index (χ0n) is 8.39. The van der Waals surface area contributed by atoms with Gasteiger partial charge in [-0.3, -0.25) is 0 Å². The molecule has 0 spiro atoms. The monoisotopic (exact) mass is 197 g/mol. The van der Waals surface area contributed by atoms with Crippen molar-refractivity contribution >= 4 is 22.9 Å². The van der Waals surface area contributed by atoms with Crippen molar-refractivity contribution in [3.63, 3.8) is 0 Å². The molecular formula is C11H16ClN. The van der Waals surface area contributed by atoms with Gasteiger partial charge in [-0.1, -0.05) is 32.0 Å². The Morgan fingerprint density at radius 2 is 1.92 bits per heavy atom. The molecule has 0 unspecified atom stereocenters. The molecule has 0 amide bonds. The van der Waals surface area contributed by atoms with Crippen molar-refractivity contribution in [1.29, 1.82) is 0 Å². The maximum atomic E-state index is 5.87. The molecular weight excluding hydrogens is 182 g/mol. The van der Waals surface area contributed by atoms with Crippen LogP contribution in [0.1, 0.15) is 26.3 Å². The number of nitrogens with two attached hydrogens (primary N) is 1. The van der Waals surface area contributed by atoms with E-state index in [9.17, 15) is 0 Å². The van der Waals surface area contributed by atoms with Gasteiger partial charge in [-0.15, -0.1) is 0 Å². The van der Waals surface area contributed by atoms with Gasteiger partial charge in [0.1, 0.15) is 0 Å². The van der Waals surface area contributed by atoms with Gasteiger partial charge in [-0.2, -0.15) is 0 Å². The summed E-state index contributed by atoms with van der Waals surface area (Å²) in [6.07, 6.45) is 0. The first-order valence-corrected chi connectivity index (χ1v) is 4.70. The van der Waals surface area contributed by atoms with Gasteiger partial charge in [0, 0.05) is 10.7 Å². The number of nitrogen functional groups attached to an aromatic ring is 1. The van der Waals surface area contributed by atoms with Crippen LogP contribution in [0, 0.1) is 0 Å². The van der Waals surface area contributed by atoms with Gasteiger partial charge >= 0.3 is 0 Å². The molecule has 1 rings (SSSR count). The number of benzene rings is 1. The van der Waals surface area contributed by atoms with Crippen LogP contribution in [0.25, 0.3) is 5.57 Å². The van der Waals surface area contributed by atoms with Crippen molar-refractivity contribution in [2.75, 3.05) is 5.73 Å². The minimum absolute atomic E-state index is 0.701. The Hall–Kier alpha value is -0.950. The molecule has 0 atom stereocenters. The Morgan fingerprint density at radius 1 is 1.38 bits per heavy atom. The summed E-state index contributed by atoms with van der Waals surface area (Å²) in [5.74, 6) is 0. The quantitative estimate of drug-likeness (QED) is 0.678. The molecule has 1 nitrogen and oxygen atoms in total. The third-order valence-electron chi connectivity index (χ3n) is 1.45. The molecule has 1 aromatic carbocycles. The molecule has 13 heavy (non-hydrogen) atoms. The van der Waals surface area contributed by atoms with Crippen molar-refractivity contribution in [3.05, 3.63) is 35.4 Å². The predicted octanol–water partition coefficient (Wildman–Crippen LogP) is 3.98. The van der Waals surface area contributed by atoms with Crippen LogP contribution in [0.4, 0.5) is 5.69 Å². The van der Waals surface area contributed by atoms with E-state index in [1.54, 1.807) is 12.1 Å². The van der Waals surface area contributed by atoms with E-state index in [0.717, 1.165) is 11.1 Å². The van der Waals surface area contributed by atoms with E-state index in [-0.39, 0.29) is 0 Å². The van der Waals surface area contributed by atoms with Gasteiger partial charge in [0.15, 0.2) is 0 Å². The number of hydrogen-bond acceptors (Lipinski definition) is 1. The summed E-state index contributed by atoms with van der Waals surface area (Å²) in [5.41, 5.74) is 8.14. The van der Waals surface area contributed by atoms with Gasteiger partial charge in [-0.05, 0) is 36.3 Å². The van der Waals surface area contributed by atoms with Crippen molar-refractivity contribution < 1.29 is 0 Å². The van der Waals surface area contributed by atoms with Crippen LogP contribution in [0.5, 0.6) is 0 Å². The minimum Gasteiger partial charge on any atom is -0.399 e. The third-order valence-corrected chi connectivity index (χ3v) is 1.78. The first-order valence-electron chi connectivity index (χ1n) is 4.32. The van der Waals surface area contributed by atoms with E-state index in [1.165, 1.54) is 0 Å². The molecule has 0 fully saturated rings. The molecule has 0 aliphatic heterocycles. The lowest BCUT2D eigenvalue weighted by Gasteiger charge is -2.03. The summed E-state index contributed by atoms with van der Waals surface area (Å²) >= 11 is 5.87. The average Bonchev–Trinajstić information content (AvgIpc) is 2.12. The molecule has 0 aromatic heterocycles.